The van der Waals surface area contributed by atoms with Crippen LogP contribution in [0, 0.1) is 0 Å². The first kappa shape index (κ1) is 12.9. The van der Waals surface area contributed by atoms with Crippen molar-refractivity contribution in [3.8, 4) is 5.75 Å². The topological polar surface area (TPSA) is 62.2 Å². The van der Waals surface area contributed by atoms with Gasteiger partial charge >= 0.3 is 0 Å². The van der Waals surface area contributed by atoms with Crippen LogP contribution in [0.2, 0.25) is 5.02 Å². The van der Waals surface area contributed by atoms with E-state index in [1.54, 1.807) is 18.5 Å². The maximum atomic E-state index is 11.9. The van der Waals surface area contributed by atoms with E-state index in [1.165, 1.54) is 18.2 Å². The highest BCUT2D eigenvalue weighted by Crippen LogP contribution is 2.25. The number of amides is 1. The van der Waals surface area contributed by atoms with Crippen LogP contribution in [-0.4, -0.2) is 16.0 Å². The zero-order chi connectivity index (χ0) is 13.1. The van der Waals surface area contributed by atoms with Gasteiger partial charge in [0.25, 0.3) is 5.91 Å². The molecule has 0 unspecified atom stereocenters. The van der Waals surface area contributed by atoms with Gasteiger partial charge in [0, 0.05) is 17.4 Å². The summed E-state index contributed by atoms with van der Waals surface area (Å²) in [6.07, 6.45) is 3.12. The minimum absolute atomic E-state index is 0.156. The lowest BCUT2D eigenvalue weighted by Gasteiger charge is -2.08. The lowest BCUT2D eigenvalue weighted by molar-refractivity contribution is 0.102. The Morgan fingerprint density at radius 2 is 2.17 bits per heavy atom. The zero-order valence-corrected chi connectivity index (χ0v) is 11.4. The molecule has 1 aromatic carbocycles. The number of phenols is 1. The first-order chi connectivity index (χ1) is 8.58. The molecule has 0 aliphatic carbocycles. The number of hydrogen-bond donors (Lipinski definition) is 2. The summed E-state index contributed by atoms with van der Waals surface area (Å²) in [5, 5.41) is 12.7. The van der Waals surface area contributed by atoms with Crippen molar-refractivity contribution in [3.05, 3.63) is 51.7 Å². The normalized spacial score (nSPS) is 10.1. The van der Waals surface area contributed by atoms with E-state index in [-0.39, 0.29) is 11.3 Å². The number of aromatic nitrogens is 1. The molecular weight excluding hydrogens is 320 g/mol. The monoisotopic (exact) mass is 326 g/mol. The van der Waals surface area contributed by atoms with Gasteiger partial charge in [0.15, 0.2) is 0 Å². The average molecular weight is 328 g/mol. The number of aromatic hydroxyl groups is 1. The number of benzene rings is 1. The Balaban J connectivity index is 2.25. The molecule has 2 aromatic rings. The molecule has 0 bridgehead atoms. The third kappa shape index (κ3) is 2.80. The molecule has 0 spiro atoms. The fourth-order valence-electron chi connectivity index (χ4n) is 1.36. The second-order valence-corrected chi connectivity index (χ2v) is 4.76. The summed E-state index contributed by atoms with van der Waals surface area (Å²) in [7, 11) is 0. The fraction of sp³-hybridized carbons (Fsp3) is 0. The molecule has 2 N–H and O–H groups in total. The van der Waals surface area contributed by atoms with Crippen molar-refractivity contribution in [2.24, 2.45) is 0 Å². The van der Waals surface area contributed by atoms with Gasteiger partial charge in [-0.1, -0.05) is 11.6 Å². The van der Waals surface area contributed by atoms with E-state index in [2.05, 4.69) is 26.2 Å². The molecule has 92 valence electrons. The Kier molecular flexibility index (Phi) is 3.84. The largest absolute Gasteiger partial charge is 0.507 e. The summed E-state index contributed by atoms with van der Waals surface area (Å²) in [6, 6.07) is 5.97. The van der Waals surface area contributed by atoms with Crippen molar-refractivity contribution in [3.63, 3.8) is 0 Å². The molecule has 0 radical (unpaired) electrons. The lowest BCUT2D eigenvalue weighted by Crippen LogP contribution is -2.12. The molecule has 4 nitrogen and oxygen atoms in total. The molecular formula is C12H8BrClN2O2. The average Bonchev–Trinajstić information content (AvgIpc) is 2.32. The number of pyridine rings is 1. The van der Waals surface area contributed by atoms with Gasteiger partial charge in [0.2, 0.25) is 0 Å². The molecule has 0 fully saturated rings. The molecule has 1 heterocycles. The highest BCUT2D eigenvalue weighted by molar-refractivity contribution is 9.10. The molecule has 18 heavy (non-hydrogen) atoms. The summed E-state index contributed by atoms with van der Waals surface area (Å²) in [4.78, 5) is 15.8. The molecule has 1 aromatic heterocycles. The SMILES string of the molecule is O=C(Nc1ccncc1Br)c1ccc(Cl)cc1O. The molecule has 6 heteroatoms. The number of phenolic OH excluding ortho intramolecular Hbond substituents is 1. The summed E-state index contributed by atoms with van der Waals surface area (Å²) in [5.41, 5.74) is 0.729. The molecule has 0 aliphatic heterocycles. The maximum Gasteiger partial charge on any atom is 0.259 e. The molecule has 0 saturated carbocycles. The van der Waals surface area contributed by atoms with Crippen LogP contribution >= 0.6 is 27.5 Å². The number of rotatable bonds is 2. The van der Waals surface area contributed by atoms with Gasteiger partial charge in [-0.25, -0.2) is 0 Å². The Labute approximate surface area is 117 Å². The van der Waals surface area contributed by atoms with Crippen molar-refractivity contribution < 1.29 is 9.90 Å². The third-order valence-corrected chi connectivity index (χ3v) is 3.09. The van der Waals surface area contributed by atoms with E-state index in [9.17, 15) is 9.90 Å². The molecule has 0 aliphatic rings. The Morgan fingerprint density at radius 1 is 1.39 bits per heavy atom. The van der Waals surface area contributed by atoms with Crippen molar-refractivity contribution in [1.29, 1.82) is 0 Å². The number of carbonyl (C=O) groups is 1. The smallest absolute Gasteiger partial charge is 0.259 e. The van der Waals surface area contributed by atoms with Gasteiger partial charge in [-0.3, -0.25) is 9.78 Å². The fourth-order valence-corrected chi connectivity index (χ4v) is 1.88. The predicted octanol–water partition coefficient (Wildman–Crippen LogP) is 3.46. The Bertz CT molecular complexity index is 604. The molecule has 0 atom stereocenters. The van der Waals surface area contributed by atoms with Crippen LogP contribution in [0.25, 0.3) is 0 Å². The second kappa shape index (κ2) is 5.37. The van der Waals surface area contributed by atoms with E-state index in [4.69, 9.17) is 11.6 Å². The third-order valence-electron chi connectivity index (χ3n) is 2.23. The van der Waals surface area contributed by atoms with Gasteiger partial charge < -0.3 is 10.4 Å². The first-order valence-corrected chi connectivity index (χ1v) is 6.14. The molecule has 0 saturated heterocycles. The van der Waals surface area contributed by atoms with E-state index in [0.717, 1.165) is 0 Å². The number of hydrogen-bond acceptors (Lipinski definition) is 3. The van der Waals surface area contributed by atoms with Crippen LogP contribution in [0.4, 0.5) is 5.69 Å². The quantitative estimate of drug-likeness (QED) is 0.888. The van der Waals surface area contributed by atoms with Crippen LogP contribution < -0.4 is 5.32 Å². The Hall–Kier alpha value is -1.59. The van der Waals surface area contributed by atoms with Crippen LogP contribution in [0.15, 0.2) is 41.1 Å². The number of nitrogens with one attached hydrogen (secondary N) is 1. The van der Waals surface area contributed by atoms with Crippen LogP contribution in [0.3, 0.4) is 0 Å². The van der Waals surface area contributed by atoms with E-state index < -0.39 is 5.91 Å². The minimum Gasteiger partial charge on any atom is -0.507 e. The zero-order valence-electron chi connectivity index (χ0n) is 9.02. The standard InChI is InChI=1S/C12H8BrClN2O2/c13-9-6-15-4-3-10(9)16-12(18)8-2-1-7(14)5-11(8)17/h1-6,17H,(H,15,16,18). The maximum absolute atomic E-state index is 11.9. The van der Waals surface area contributed by atoms with Crippen LogP contribution in [0.5, 0.6) is 5.75 Å². The Morgan fingerprint density at radius 3 is 2.83 bits per heavy atom. The minimum atomic E-state index is -0.420. The van der Waals surface area contributed by atoms with Gasteiger partial charge in [-0.2, -0.15) is 0 Å². The first-order valence-electron chi connectivity index (χ1n) is 4.97. The molecule has 2 rings (SSSR count). The van der Waals surface area contributed by atoms with Crippen molar-refractivity contribution in [2.75, 3.05) is 5.32 Å². The summed E-state index contributed by atoms with van der Waals surface area (Å²) >= 11 is 8.97. The van der Waals surface area contributed by atoms with Gasteiger partial charge in [0.1, 0.15) is 5.75 Å². The number of carbonyl (C=O) groups excluding carboxylic acids is 1. The lowest BCUT2D eigenvalue weighted by atomic mass is 10.2. The van der Waals surface area contributed by atoms with Crippen LogP contribution in [-0.2, 0) is 0 Å². The predicted molar refractivity (Wildman–Crippen MR) is 73.0 cm³/mol. The highest BCUT2D eigenvalue weighted by Gasteiger charge is 2.12. The summed E-state index contributed by atoms with van der Waals surface area (Å²) in [6.45, 7) is 0. The van der Waals surface area contributed by atoms with Gasteiger partial charge in [0.05, 0.1) is 15.7 Å². The number of nitrogens with zero attached hydrogens (tertiary/aromatic N) is 1. The number of anilines is 1. The van der Waals surface area contributed by atoms with Crippen molar-refractivity contribution in [2.45, 2.75) is 0 Å². The molecule has 1 amide bonds. The van der Waals surface area contributed by atoms with Crippen LogP contribution in [0.1, 0.15) is 10.4 Å². The second-order valence-electron chi connectivity index (χ2n) is 3.47. The number of halogens is 2. The summed E-state index contributed by atoms with van der Waals surface area (Å²) < 4.78 is 0.659. The van der Waals surface area contributed by atoms with Crippen molar-refractivity contribution >= 4 is 39.1 Å². The van der Waals surface area contributed by atoms with Gasteiger partial charge in [-0.15, -0.1) is 0 Å². The van der Waals surface area contributed by atoms with Crippen molar-refractivity contribution in [1.82, 2.24) is 4.98 Å². The van der Waals surface area contributed by atoms with E-state index in [1.807, 2.05) is 0 Å². The highest BCUT2D eigenvalue weighted by atomic mass is 79.9. The summed E-state index contributed by atoms with van der Waals surface area (Å²) in [5.74, 6) is -0.582. The van der Waals surface area contributed by atoms with E-state index in [0.29, 0.717) is 15.2 Å². The van der Waals surface area contributed by atoms with E-state index >= 15 is 0 Å². The van der Waals surface area contributed by atoms with Gasteiger partial charge in [-0.05, 0) is 40.2 Å².